The standard InChI is InChI=1S/C28H34F3N5O/c1-3-36(4-2)27(37)20-9-10-21(23(17-20)28(29,30)31)26-18-25(22-19-32-13-11-24(22)34-26)33-12-8-16-35-14-6-5-7-15-35/h9-11,13,17-19H,3-8,12,14-16H2,1-2H3,(H,33,34). The van der Waals surface area contributed by atoms with E-state index >= 15 is 0 Å². The zero-order valence-electron chi connectivity index (χ0n) is 21.4. The highest BCUT2D eigenvalue weighted by Crippen LogP contribution is 2.39. The average molecular weight is 514 g/mol. The van der Waals surface area contributed by atoms with Gasteiger partial charge >= 0.3 is 6.18 Å². The van der Waals surface area contributed by atoms with Crippen LogP contribution in [0.5, 0.6) is 0 Å². The summed E-state index contributed by atoms with van der Waals surface area (Å²) >= 11 is 0. The number of nitrogens with one attached hydrogen (secondary N) is 1. The van der Waals surface area contributed by atoms with Crippen LogP contribution in [0.2, 0.25) is 0 Å². The highest BCUT2D eigenvalue weighted by molar-refractivity contribution is 5.96. The van der Waals surface area contributed by atoms with Gasteiger partial charge < -0.3 is 15.1 Å². The Morgan fingerprint density at radius 1 is 1.08 bits per heavy atom. The Balaban J connectivity index is 1.65. The third kappa shape index (κ3) is 6.39. The van der Waals surface area contributed by atoms with Crippen molar-refractivity contribution in [2.45, 2.75) is 45.7 Å². The van der Waals surface area contributed by atoms with Gasteiger partial charge in [-0.25, -0.2) is 4.98 Å². The number of aromatic nitrogens is 2. The second-order valence-corrected chi connectivity index (χ2v) is 9.37. The van der Waals surface area contributed by atoms with Crippen molar-refractivity contribution in [3.8, 4) is 11.3 Å². The van der Waals surface area contributed by atoms with Gasteiger partial charge in [0.15, 0.2) is 0 Å². The average Bonchev–Trinajstić information content (AvgIpc) is 2.91. The van der Waals surface area contributed by atoms with Gasteiger partial charge in [0.1, 0.15) is 0 Å². The monoisotopic (exact) mass is 513 g/mol. The largest absolute Gasteiger partial charge is 0.417 e. The van der Waals surface area contributed by atoms with Crippen molar-refractivity contribution in [1.82, 2.24) is 19.8 Å². The molecule has 3 aromatic rings. The van der Waals surface area contributed by atoms with Crippen LogP contribution < -0.4 is 5.32 Å². The molecule has 0 saturated carbocycles. The van der Waals surface area contributed by atoms with Crippen LogP contribution in [-0.2, 0) is 6.18 Å². The van der Waals surface area contributed by atoms with E-state index in [1.165, 1.54) is 36.3 Å². The molecule has 3 heterocycles. The second kappa shape index (κ2) is 11.9. The molecule has 6 nitrogen and oxygen atoms in total. The van der Waals surface area contributed by atoms with Crippen molar-refractivity contribution in [3.63, 3.8) is 0 Å². The third-order valence-corrected chi connectivity index (χ3v) is 6.92. The normalized spacial score (nSPS) is 14.6. The van der Waals surface area contributed by atoms with Gasteiger partial charge in [-0.1, -0.05) is 12.5 Å². The van der Waals surface area contributed by atoms with Gasteiger partial charge in [-0.05, 0) is 77.0 Å². The van der Waals surface area contributed by atoms with Crippen molar-refractivity contribution in [3.05, 3.63) is 53.9 Å². The summed E-state index contributed by atoms with van der Waals surface area (Å²) in [5.74, 6) is -0.421. The van der Waals surface area contributed by atoms with E-state index in [9.17, 15) is 18.0 Å². The van der Waals surface area contributed by atoms with E-state index in [2.05, 4.69) is 20.2 Å². The molecule has 4 rings (SSSR count). The maximum absolute atomic E-state index is 14.2. The highest BCUT2D eigenvalue weighted by atomic mass is 19.4. The fraction of sp³-hybridized carbons (Fsp3) is 0.464. The molecule has 2 aromatic heterocycles. The van der Waals surface area contributed by atoms with Crippen LogP contribution >= 0.6 is 0 Å². The Kier molecular flexibility index (Phi) is 8.63. The van der Waals surface area contributed by atoms with Crippen molar-refractivity contribution in [2.24, 2.45) is 0 Å². The van der Waals surface area contributed by atoms with Crippen molar-refractivity contribution in [1.29, 1.82) is 0 Å². The molecule has 1 aliphatic rings. The van der Waals surface area contributed by atoms with E-state index in [1.54, 1.807) is 38.4 Å². The summed E-state index contributed by atoms with van der Waals surface area (Å²) < 4.78 is 42.6. The van der Waals surface area contributed by atoms with E-state index in [0.29, 0.717) is 30.8 Å². The molecule has 1 N–H and O–H groups in total. The molecule has 0 aliphatic carbocycles. The summed E-state index contributed by atoms with van der Waals surface area (Å²) in [4.78, 5) is 25.4. The number of carbonyl (C=O) groups excluding carboxylic acids is 1. The van der Waals surface area contributed by atoms with Gasteiger partial charge in [-0.15, -0.1) is 0 Å². The fourth-order valence-corrected chi connectivity index (χ4v) is 4.89. The highest BCUT2D eigenvalue weighted by Gasteiger charge is 2.35. The summed E-state index contributed by atoms with van der Waals surface area (Å²) in [6.07, 6.45) is 3.29. The van der Waals surface area contributed by atoms with Crippen molar-refractivity contribution in [2.75, 3.05) is 44.6 Å². The lowest BCUT2D eigenvalue weighted by atomic mass is 9.98. The predicted molar refractivity (Wildman–Crippen MR) is 141 cm³/mol. The molecule has 0 unspecified atom stereocenters. The quantitative estimate of drug-likeness (QED) is 0.351. The maximum Gasteiger partial charge on any atom is 0.417 e. The van der Waals surface area contributed by atoms with Crippen LogP contribution in [0.15, 0.2) is 42.7 Å². The Bertz CT molecular complexity index is 1220. The lowest BCUT2D eigenvalue weighted by molar-refractivity contribution is -0.137. The molecule has 1 saturated heterocycles. The Morgan fingerprint density at radius 3 is 2.54 bits per heavy atom. The van der Waals surface area contributed by atoms with Crippen LogP contribution in [0, 0.1) is 0 Å². The smallest absolute Gasteiger partial charge is 0.384 e. The van der Waals surface area contributed by atoms with E-state index in [-0.39, 0.29) is 16.8 Å². The minimum Gasteiger partial charge on any atom is -0.384 e. The first-order chi connectivity index (χ1) is 17.8. The molecule has 9 heteroatoms. The molecule has 0 spiro atoms. The minimum absolute atomic E-state index is 0.0147. The second-order valence-electron chi connectivity index (χ2n) is 9.37. The Labute approximate surface area is 215 Å². The fourth-order valence-electron chi connectivity index (χ4n) is 4.89. The molecule has 37 heavy (non-hydrogen) atoms. The number of pyridine rings is 2. The van der Waals surface area contributed by atoms with Crippen molar-refractivity contribution < 1.29 is 18.0 Å². The Hall–Kier alpha value is -3.20. The summed E-state index contributed by atoms with van der Waals surface area (Å²) in [6.45, 7) is 8.37. The maximum atomic E-state index is 14.2. The Morgan fingerprint density at radius 2 is 1.84 bits per heavy atom. The molecule has 0 atom stereocenters. The number of anilines is 1. The molecule has 1 aliphatic heterocycles. The van der Waals surface area contributed by atoms with Crippen LogP contribution in [0.4, 0.5) is 18.9 Å². The van der Waals surface area contributed by atoms with Crippen LogP contribution in [-0.4, -0.2) is 64.9 Å². The summed E-state index contributed by atoms with van der Waals surface area (Å²) in [5.41, 5.74) is 0.541. The van der Waals surface area contributed by atoms with Gasteiger partial charge in [0, 0.05) is 54.2 Å². The van der Waals surface area contributed by atoms with E-state index in [4.69, 9.17) is 0 Å². The minimum atomic E-state index is -4.65. The van der Waals surface area contributed by atoms with E-state index in [0.717, 1.165) is 37.5 Å². The van der Waals surface area contributed by atoms with Crippen LogP contribution in [0.1, 0.15) is 55.5 Å². The number of benzene rings is 1. The number of hydrogen-bond donors (Lipinski definition) is 1. The van der Waals surface area contributed by atoms with Gasteiger partial charge in [0.25, 0.3) is 5.91 Å². The predicted octanol–water partition coefficient (Wildman–Crippen LogP) is 6.09. The van der Waals surface area contributed by atoms with E-state index in [1.807, 2.05) is 0 Å². The summed E-state index contributed by atoms with van der Waals surface area (Å²) in [6, 6.07) is 7.11. The number of halogens is 3. The van der Waals surface area contributed by atoms with Gasteiger partial charge in [0.2, 0.25) is 0 Å². The first-order valence-electron chi connectivity index (χ1n) is 13.0. The van der Waals surface area contributed by atoms with Crippen LogP contribution in [0.3, 0.4) is 0 Å². The topological polar surface area (TPSA) is 61.4 Å². The number of hydrogen-bond acceptors (Lipinski definition) is 5. The van der Waals surface area contributed by atoms with Crippen LogP contribution in [0.25, 0.3) is 22.2 Å². The molecule has 1 fully saturated rings. The first-order valence-corrected chi connectivity index (χ1v) is 13.0. The number of alkyl halides is 3. The number of likely N-dealkylation sites (tertiary alicyclic amines) is 1. The van der Waals surface area contributed by atoms with Gasteiger partial charge in [-0.2, -0.15) is 13.2 Å². The molecule has 1 aromatic carbocycles. The molecule has 1 amide bonds. The zero-order chi connectivity index (χ0) is 26.4. The summed E-state index contributed by atoms with van der Waals surface area (Å²) in [7, 11) is 0. The number of piperidine rings is 1. The molecule has 0 bridgehead atoms. The number of nitrogens with zero attached hydrogens (tertiary/aromatic N) is 4. The van der Waals surface area contributed by atoms with Crippen molar-refractivity contribution >= 4 is 22.5 Å². The number of carbonyl (C=O) groups is 1. The van der Waals surface area contributed by atoms with Gasteiger partial charge in [0.05, 0.1) is 16.8 Å². The zero-order valence-corrected chi connectivity index (χ0v) is 21.4. The SMILES string of the molecule is CCN(CC)C(=O)c1ccc(-c2cc(NCCCN3CCCCC3)c3cnccc3n2)c(C(F)(F)F)c1. The third-order valence-electron chi connectivity index (χ3n) is 6.92. The summed E-state index contributed by atoms with van der Waals surface area (Å²) in [5, 5.41) is 4.16. The lowest BCUT2D eigenvalue weighted by Crippen LogP contribution is -2.31. The molecule has 0 radical (unpaired) electrons. The lowest BCUT2D eigenvalue weighted by Gasteiger charge is -2.26. The first kappa shape index (κ1) is 26.9. The number of fused-ring (bicyclic) bond motifs is 1. The number of amides is 1. The molecular weight excluding hydrogens is 479 g/mol. The van der Waals surface area contributed by atoms with Gasteiger partial charge in [-0.3, -0.25) is 9.78 Å². The number of rotatable bonds is 9. The molecular formula is C28H34F3N5O. The molecule has 198 valence electrons. The van der Waals surface area contributed by atoms with E-state index < -0.39 is 17.6 Å².